The van der Waals surface area contributed by atoms with Gasteiger partial charge < -0.3 is 14.8 Å². The van der Waals surface area contributed by atoms with E-state index in [1.165, 1.54) is 38.5 Å². The molecule has 0 aromatic heterocycles. The van der Waals surface area contributed by atoms with Crippen molar-refractivity contribution in [2.45, 2.75) is 65.2 Å². The minimum atomic E-state index is 0.0150. The lowest BCUT2D eigenvalue weighted by Gasteiger charge is -2.58. The Balaban J connectivity index is 1.61. The van der Waals surface area contributed by atoms with Crippen LogP contribution in [0.15, 0.2) is 22.0 Å². The Bertz CT molecular complexity index is 700. The molecule has 0 saturated heterocycles. The van der Waals surface area contributed by atoms with Gasteiger partial charge in [-0.25, -0.2) is 0 Å². The van der Waals surface area contributed by atoms with Gasteiger partial charge in [0.15, 0.2) is 0 Å². The van der Waals surface area contributed by atoms with Crippen molar-refractivity contribution in [2.75, 3.05) is 20.8 Å². The van der Waals surface area contributed by atoms with Crippen molar-refractivity contribution in [1.29, 1.82) is 0 Å². The van der Waals surface area contributed by atoms with E-state index in [4.69, 9.17) is 9.68 Å². The monoisotopic (exact) mass is 388 g/mol. The van der Waals surface area contributed by atoms with Crippen LogP contribution in [0.1, 0.15) is 65.2 Å². The van der Waals surface area contributed by atoms with E-state index in [2.05, 4.69) is 30.2 Å². The van der Waals surface area contributed by atoms with E-state index in [0.717, 1.165) is 42.0 Å². The largest absolute Gasteiger partial charge is 0.399 e. The second-order valence-electron chi connectivity index (χ2n) is 9.87. The zero-order valence-electron chi connectivity index (χ0n) is 17.9. The lowest BCUT2D eigenvalue weighted by molar-refractivity contribution is -0.0415. The summed E-state index contributed by atoms with van der Waals surface area (Å²) in [7, 11) is 3.23. The molecule has 0 amide bonds. The SMILES string of the molecule is CO/N=C(\CO)C1CCC2C3CCC4=C/C(=N/OC)CCC4(C)C3CCC12C. The van der Waals surface area contributed by atoms with Gasteiger partial charge in [0.25, 0.3) is 0 Å². The predicted molar refractivity (Wildman–Crippen MR) is 111 cm³/mol. The van der Waals surface area contributed by atoms with Crippen molar-refractivity contribution in [1.82, 2.24) is 0 Å². The van der Waals surface area contributed by atoms with Crippen molar-refractivity contribution in [3.63, 3.8) is 0 Å². The fourth-order valence-electron chi connectivity index (χ4n) is 7.63. The van der Waals surface area contributed by atoms with Crippen LogP contribution >= 0.6 is 0 Å². The number of hydrogen-bond donors (Lipinski definition) is 1. The van der Waals surface area contributed by atoms with Crippen LogP contribution in [-0.4, -0.2) is 37.4 Å². The maximum atomic E-state index is 9.88. The summed E-state index contributed by atoms with van der Waals surface area (Å²) in [5.41, 5.74) is 4.13. The second kappa shape index (κ2) is 7.47. The average Bonchev–Trinajstić information content (AvgIpc) is 3.04. The minimum absolute atomic E-state index is 0.0150. The topological polar surface area (TPSA) is 63.4 Å². The fourth-order valence-corrected chi connectivity index (χ4v) is 7.63. The van der Waals surface area contributed by atoms with Gasteiger partial charge >= 0.3 is 0 Å². The van der Waals surface area contributed by atoms with Crippen molar-refractivity contribution in [3.05, 3.63) is 11.6 Å². The number of fused-ring (bicyclic) bond motifs is 5. The summed E-state index contributed by atoms with van der Waals surface area (Å²) >= 11 is 0. The molecule has 0 aliphatic heterocycles. The number of hydrogen-bond acceptors (Lipinski definition) is 5. The molecule has 0 spiro atoms. The molecule has 0 aromatic carbocycles. The first-order valence-electron chi connectivity index (χ1n) is 11.0. The lowest BCUT2D eigenvalue weighted by atomic mass is 9.46. The van der Waals surface area contributed by atoms with Crippen LogP contribution in [0, 0.1) is 34.5 Å². The number of rotatable bonds is 4. The van der Waals surface area contributed by atoms with E-state index in [-0.39, 0.29) is 12.0 Å². The second-order valence-corrected chi connectivity index (χ2v) is 9.87. The summed E-state index contributed by atoms with van der Waals surface area (Å²) in [5.74, 6) is 2.65. The first kappa shape index (κ1) is 19.9. The van der Waals surface area contributed by atoms with Crippen LogP contribution < -0.4 is 0 Å². The number of oxime groups is 2. The van der Waals surface area contributed by atoms with E-state index in [1.807, 2.05) is 0 Å². The van der Waals surface area contributed by atoms with Crippen molar-refractivity contribution >= 4 is 11.4 Å². The minimum Gasteiger partial charge on any atom is -0.399 e. The molecule has 0 aromatic rings. The predicted octanol–water partition coefficient (Wildman–Crippen LogP) is 4.56. The molecule has 0 bridgehead atoms. The van der Waals surface area contributed by atoms with Crippen molar-refractivity contribution in [3.8, 4) is 0 Å². The third kappa shape index (κ3) is 2.92. The van der Waals surface area contributed by atoms with Gasteiger partial charge in [0, 0.05) is 5.92 Å². The van der Waals surface area contributed by atoms with E-state index in [9.17, 15) is 5.11 Å². The van der Waals surface area contributed by atoms with Gasteiger partial charge in [0.1, 0.15) is 14.2 Å². The molecule has 5 heteroatoms. The molecule has 4 rings (SSSR count). The Kier molecular flexibility index (Phi) is 5.32. The maximum Gasteiger partial charge on any atom is 0.106 e. The summed E-state index contributed by atoms with van der Waals surface area (Å²) in [5, 5.41) is 18.3. The quantitative estimate of drug-likeness (QED) is 0.567. The number of aliphatic hydroxyl groups excluding tert-OH is 1. The van der Waals surface area contributed by atoms with Gasteiger partial charge in [-0.2, -0.15) is 0 Å². The molecule has 0 radical (unpaired) electrons. The molecule has 28 heavy (non-hydrogen) atoms. The highest BCUT2D eigenvalue weighted by atomic mass is 16.6. The molecule has 6 atom stereocenters. The number of allylic oxidation sites excluding steroid dienone is 2. The van der Waals surface area contributed by atoms with Crippen LogP contribution in [0.5, 0.6) is 0 Å². The van der Waals surface area contributed by atoms with Crippen LogP contribution in [-0.2, 0) is 9.68 Å². The molecule has 3 saturated carbocycles. The summed E-state index contributed by atoms with van der Waals surface area (Å²) < 4.78 is 0. The standard InChI is InChI=1S/C23H36N2O3/c1-22-11-9-16(24-27-3)13-15(22)5-6-17-18-7-8-20(21(14-26)25-28-4)23(18,2)12-10-19(17)22/h13,17-20,26H,5-12,14H2,1-4H3/b24-16+,25-21+. The zero-order chi connectivity index (χ0) is 19.9. The molecule has 6 unspecified atom stereocenters. The smallest absolute Gasteiger partial charge is 0.106 e. The number of nitrogens with zero attached hydrogens (tertiary/aromatic N) is 2. The van der Waals surface area contributed by atoms with E-state index < -0.39 is 0 Å². The summed E-state index contributed by atoms with van der Waals surface area (Å²) in [6.45, 7) is 4.99. The molecule has 4 aliphatic rings. The summed E-state index contributed by atoms with van der Waals surface area (Å²) in [6, 6.07) is 0. The summed E-state index contributed by atoms with van der Waals surface area (Å²) in [4.78, 5) is 10.1. The average molecular weight is 389 g/mol. The van der Waals surface area contributed by atoms with E-state index in [0.29, 0.717) is 11.3 Å². The van der Waals surface area contributed by atoms with Gasteiger partial charge in [-0.05, 0) is 86.0 Å². The third-order valence-corrected chi connectivity index (χ3v) is 8.96. The molecular formula is C23H36N2O3. The van der Waals surface area contributed by atoms with Gasteiger partial charge in [-0.3, -0.25) is 0 Å². The molecule has 156 valence electrons. The van der Waals surface area contributed by atoms with Gasteiger partial charge in [-0.1, -0.05) is 29.7 Å². The van der Waals surface area contributed by atoms with Crippen LogP contribution in [0.3, 0.4) is 0 Å². The zero-order valence-corrected chi connectivity index (χ0v) is 17.9. The normalized spacial score (nSPS) is 44.4. The van der Waals surface area contributed by atoms with E-state index >= 15 is 0 Å². The first-order valence-corrected chi connectivity index (χ1v) is 11.0. The van der Waals surface area contributed by atoms with Crippen LogP contribution in [0.4, 0.5) is 0 Å². The summed E-state index contributed by atoms with van der Waals surface area (Å²) in [6.07, 6.45) is 11.9. The maximum absolute atomic E-state index is 9.88. The van der Waals surface area contributed by atoms with Crippen molar-refractivity contribution < 1.29 is 14.8 Å². The third-order valence-electron chi connectivity index (χ3n) is 8.96. The van der Waals surface area contributed by atoms with Gasteiger partial charge in [0.2, 0.25) is 0 Å². The highest BCUT2D eigenvalue weighted by molar-refractivity contribution is 5.96. The van der Waals surface area contributed by atoms with Crippen LogP contribution in [0.2, 0.25) is 0 Å². The molecule has 4 aliphatic carbocycles. The van der Waals surface area contributed by atoms with Crippen LogP contribution in [0.25, 0.3) is 0 Å². The molecular weight excluding hydrogens is 352 g/mol. The van der Waals surface area contributed by atoms with Crippen molar-refractivity contribution in [2.24, 2.45) is 44.8 Å². The van der Waals surface area contributed by atoms with Gasteiger partial charge in [-0.15, -0.1) is 0 Å². The Morgan fingerprint density at radius 1 is 1.07 bits per heavy atom. The molecule has 3 fully saturated rings. The fraction of sp³-hybridized carbons (Fsp3) is 0.826. The molecule has 1 N–H and O–H groups in total. The highest BCUT2D eigenvalue weighted by Gasteiger charge is 2.59. The number of aliphatic hydroxyl groups is 1. The first-order chi connectivity index (χ1) is 13.5. The molecule has 0 heterocycles. The highest BCUT2D eigenvalue weighted by Crippen LogP contribution is 2.66. The molecule has 5 nitrogen and oxygen atoms in total. The van der Waals surface area contributed by atoms with Gasteiger partial charge in [0.05, 0.1) is 18.0 Å². The Morgan fingerprint density at radius 3 is 2.61 bits per heavy atom. The Hall–Kier alpha value is -1.36. The van der Waals surface area contributed by atoms with E-state index in [1.54, 1.807) is 19.8 Å². The Labute approximate surface area is 169 Å². The lowest BCUT2D eigenvalue weighted by Crippen LogP contribution is -2.51. The Morgan fingerprint density at radius 2 is 1.89 bits per heavy atom.